The molecule has 2 aromatic rings. The number of benzene rings is 2. The summed E-state index contributed by atoms with van der Waals surface area (Å²) in [5.41, 5.74) is 4.94. The van der Waals surface area contributed by atoms with Crippen molar-refractivity contribution in [2.45, 2.75) is 33.1 Å². The fraction of sp³-hybridized carbons (Fsp3) is 0.368. The molecule has 0 spiro atoms. The molecular weight excluding hydrogens is 260 g/mol. The summed E-state index contributed by atoms with van der Waals surface area (Å²) in [6.07, 6.45) is 0. The summed E-state index contributed by atoms with van der Waals surface area (Å²) >= 11 is 0. The van der Waals surface area contributed by atoms with Crippen LogP contribution < -0.4 is 9.47 Å². The van der Waals surface area contributed by atoms with Crippen LogP contribution in [0.1, 0.15) is 31.9 Å². The number of methoxy groups -OCH3 is 2. The van der Waals surface area contributed by atoms with E-state index in [1.54, 1.807) is 14.2 Å². The van der Waals surface area contributed by atoms with E-state index < -0.39 is 0 Å². The van der Waals surface area contributed by atoms with Gasteiger partial charge in [0.1, 0.15) is 11.5 Å². The molecule has 21 heavy (non-hydrogen) atoms. The van der Waals surface area contributed by atoms with E-state index in [1.807, 2.05) is 12.1 Å². The van der Waals surface area contributed by atoms with Crippen LogP contribution in [0.15, 0.2) is 36.4 Å². The summed E-state index contributed by atoms with van der Waals surface area (Å²) in [6.45, 7) is 8.76. The topological polar surface area (TPSA) is 18.5 Å². The van der Waals surface area contributed by atoms with Gasteiger partial charge in [0.2, 0.25) is 0 Å². The van der Waals surface area contributed by atoms with Crippen LogP contribution in [0.25, 0.3) is 11.1 Å². The maximum absolute atomic E-state index is 5.39. The van der Waals surface area contributed by atoms with Gasteiger partial charge in [-0.05, 0) is 58.9 Å². The lowest BCUT2D eigenvalue weighted by atomic mass is 9.81. The smallest absolute Gasteiger partial charge is 0.121 e. The molecule has 0 bridgehead atoms. The van der Waals surface area contributed by atoms with Crippen LogP contribution >= 0.6 is 0 Å². The van der Waals surface area contributed by atoms with E-state index in [0.29, 0.717) is 0 Å². The Hall–Kier alpha value is -1.96. The first-order chi connectivity index (χ1) is 9.86. The highest BCUT2D eigenvalue weighted by molar-refractivity contribution is 5.72. The van der Waals surface area contributed by atoms with Crippen LogP contribution in [0.3, 0.4) is 0 Å². The first kappa shape index (κ1) is 15.4. The average molecular weight is 284 g/mol. The van der Waals surface area contributed by atoms with E-state index in [0.717, 1.165) is 17.1 Å². The highest BCUT2D eigenvalue weighted by Gasteiger charge is 2.19. The number of rotatable bonds is 3. The summed E-state index contributed by atoms with van der Waals surface area (Å²) < 4.78 is 10.7. The van der Waals surface area contributed by atoms with Crippen LogP contribution in [0.4, 0.5) is 0 Å². The van der Waals surface area contributed by atoms with Crippen molar-refractivity contribution in [2.75, 3.05) is 14.2 Å². The van der Waals surface area contributed by atoms with E-state index in [9.17, 15) is 0 Å². The monoisotopic (exact) mass is 284 g/mol. The second kappa shape index (κ2) is 5.80. The lowest BCUT2D eigenvalue weighted by molar-refractivity contribution is 0.411. The van der Waals surface area contributed by atoms with Gasteiger partial charge in [-0.3, -0.25) is 0 Å². The number of hydrogen-bond donors (Lipinski definition) is 0. The molecule has 0 saturated heterocycles. The van der Waals surface area contributed by atoms with Gasteiger partial charge in [-0.25, -0.2) is 0 Å². The molecule has 2 aromatic carbocycles. The minimum atomic E-state index is 0.0788. The Morgan fingerprint density at radius 2 is 1.57 bits per heavy atom. The Morgan fingerprint density at radius 3 is 2.10 bits per heavy atom. The van der Waals surface area contributed by atoms with Crippen LogP contribution in [-0.2, 0) is 5.41 Å². The SMILES string of the molecule is COc1ccc(C(C)(C)C)c(-c2ccc(OC)c(C)c2)c1. The molecule has 0 N–H and O–H groups in total. The molecule has 0 radical (unpaired) electrons. The molecule has 0 aliphatic rings. The molecule has 0 saturated carbocycles. The Kier molecular flexibility index (Phi) is 4.26. The van der Waals surface area contributed by atoms with E-state index in [-0.39, 0.29) is 5.41 Å². The van der Waals surface area contributed by atoms with Crippen molar-refractivity contribution < 1.29 is 9.47 Å². The Labute approximate surface area is 127 Å². The largest absolute Gasteiger partial charge is 0.497 e. The van der Waals surface area contributed by atoms with Crippen molar-refractivity contribution in [3.05, 3.63) is 47.5 Å². The lowest BCUT2D eigenvalue weighted by Gasteiger charge is -2.24. The van der Waals surface area contributed by atoms with E-state index in [4.69, 9.17) is 9.47 Å². The van der Waals surface area contributed by atoms with E-state index >= 15 is 0 Å². The third kappa shape index (κ3) is 3.21. The highest BCUT2D eigenvalue weighted by Crippen LogP contribution is 2.36. The van der Waals surface area contributed by atoms with Gasteiger partial charge in [-0.1, -0.05) is 32.9 Å². The summed E-state index contributed by atoms with van der Waals surface area (Å²) in [5, 5.41) is 0. The molecule has 0 unspecified atom stereocenters. The van der Waals surface area contributed by atoms with Gasteiger partial charge in [0.25, 0.3) is 0 Å². The van der Waals surface area contributed by atoms with Crippen LogP contribution in [-0.4, -0.2) is 14.2 Å². The molecule has 112 valence electrons. The molecule has 0 aliphatic heterocycles. The Balaban J connectivity index is 2.63. The van der Waals surface area contributed by atoms with Crippen molar-refractivity contribution in [1.82, 2.24) is 0 Å². The maximum Gasteiger partial charge on any atom is 0.121 e. The average Bonchev–Trinajstić information content (AvgIpc) is 2.45. The van der Waals surface area contributed by atoms with Gasteiger partial charge in [0.05, 0.1) is 14.2 Å². The third-order valence-corrected chi connectivity index (χ3v) is 3.74. The summed E-state index contributed by atoms with van der Waals surface area (Å²) in [4.78, 5) is 0. The van der Waals surface area contributed by atoms with Crippen molar-refractivity contribution in [3.63, 3.8) is 0 Å². The normalized spacial score (nSPS) is 11.3. The summed E-state index contributed by atoms with van der Waals surface area (Å²) in [6, 6.07) is 12.6. The third-order valence-electron chi connectivity index (χ3n) is 3.74. The summed E-state index contributed by atoms with van der Waals surface area (Å²) in [7, 11) is 3.41. The minimum Gasteiger partial charge on any atom is -0.497 e. The van der Waals surface area contributed by atoms with Gasteiger partial charge in [0.15, 0.2) is 0 Å². The van der Waals surface area contributed by atoms with Gasteiger partial charge in [0, 0.05) is 0 Å². The van der Waals surface area contributed by atoms with Crippen LogP contribution in [0, 0.1) is 6.92 Å². The van der Waals surface area contributed by atoms with Crippen molar-refractivity contribution >= 4 is 0 Å². The molecule has 2 rings (SSSR count). The number of ether oxygens (including phenoxy) is 2. The zero-order chi connectivity index (χ0) is 15.6. The van der Waals surface area contributed by atoms with Crippen molar-refractivity contribution in [1.29, 1.82) is 0 Å². The quantitative estimate of drug-likeness (QED) is 0.791. The molecule has 0 aromatic heterocycles. The number of hydrogen-bond acceptors (Lipinski definition) is 2. The molecule has 0 heterocycles. The molecule has 0 fully saturated rings. The minimum absolute atomic E-state index is 0.0788. The molecule has 2 heteroatoms. The second-order valence-corrected chi connectivity index (χ2v) is 6.35. The zero-order valence-corrected chi connectivity index (χ0v) is 13.8. The van der Waals surface area contributed by atoms with E-state index in [1.165, 1.54) is 16.7 Å². The van der Waals surface area contributed by atoms with Crippen LogP contribution in [0.5, 0.6) is 11.5 Å². The fourth-order valence-electron chi connectivity index (χ4n) is 2.59. The van der Waals surface area contributed by atoms with Crippen molar-refractivity contribution in [3.8, 4) is 22.6 Å². The standard InChI is InChI=1S/C19H24O2/c1-13-11-14(7-10-18(13)21-6)16-12-15(20-5)8-9-17(16)19(2,3)4/h7-12H,1-6H3. The highest BCUT2D eigenvalue weighted by atomic mass is 16.5. The fourth-order valence-corrected chi connectivity index (χ4v) is 2.59. The molecule has 0 aliphatic carbocycles. The Morgan fingerprint density at radius 1 is 0.857 bits per heavy atom. The van der Waals surface area contributed by atoms with Gasteiger partial charge < -0.3 is 9.47 Å². The molecule has 2 nitrogen and oxygen atoms in total. The van der Waals surface area contributed by atoms with E-state index in [2.05, 4.69) is 52.0 Å². The van der Waals surface area contributed by atoms with Gasteiger partial charge >= 0.3 is 0 Å². The molecule has 0 amide bonds. The first-order valence-corrected chi connectivity index (χ1v) is 7.20. The maximum atomic E-state index is 5.39. The lowest BCUT2D eigenvalue weighted by Crippen LogP contribution is -2.12. The van der Waals surface area contributed by atoms with Gasteiger partial charge in [-0.15, -0.1) is 0 Å². The Bertz CT molecular complexity index is 636. The van der Waals surface area contributed by atoms with Gasteiger partial charge in [-0.2, -0.15) is 0 Å². The predicted octanol–water partition coefficient (Wildman–Crippen LogP) is 4.98. The molecule has 0 atom stereocenters. The zero-order valence-electron chi connectivity index (χ0n) is 13.8. The predicted molar refractivity (Wildman–Crippen MR) is 88.4 cm³/mol. The molecular formula is C19H24O2. The van der Waals surface area contributed by atoms with Crippen LogP contribution in [0.2, 0.25) is 0 Å². The second-order valence-electron chi connectivity index (χ2n) is 6.35. The first-order valence-electron chi connectivity index (χ1n) is 7.20. The number of aryl methyl sites for hydroxylation is 1. The summed E-state index contributed by atoms with van der Waals surface area (Å²) in [5.74, 6) is 1.80. The van der Waals surface area contributed by atoms with Crippen molar-refractivity contribution in [2.24, 2.45) is 0 Å².